The van der Waals surface area contributed by atoms with Gasteiger partial charge in [-0.2, -0.15) is 0 Å². The number of rotatable bonds is 8. The average molecular weight is 503 g/mol. The summed E-state index contributed by atoms with van der Waals surface area (Å²) in [5.41, 5.74) is 1.07. The second kappa shape index (κ2) is 12.0. The van der Waals surface area contributed by atoms with Gasteiger partial charge in [0.25, 0.3) is 0 Å². The fourth-order valence-corrected chi connectivity index (χ4v) is 4.39. The third-order valence-corrected chi connectivity index (χ3v) is 6.00. The SMILES string of the molecule is CCNC(=NCc1cc(C(CC)CC)no1)N1CCC(CN2CCCC2)C1.I. The topological polar surface area (TPSA) is 56.9 Å². The van der Waals surface area contributed by atoms with E-state index in [0.29, 0.717) is 12.5 Å². The van der Waals surface area contributed by atoms with E-state index in [0.717, 1.165) is 55.8 Å². The highest BCUT2D eigenvalue weighted by Gasteiger charge is 2.27. The third kappa shape index (κ3) is 6.34. The Hall–Kier alpha value is -0.830. The number of aliphatic imine (C=N–C) groups is 1. The molecule has 2 aliphatic rings. The molecule has 2 fully saturated rings. The first-order chi connectivity index (χ1) is 13.2. The zero-order valence-corrected chi connectivity index (χ0v) is 20.2. The van der Waals surface area contributed by atoms with Crippen molar-refractivity contribution in [3.8, 4) is 0 Å². The Kier molecular flexibility index (Phi) is 10.0. The molecule has 0 amide bonds. The minimum atomic E-state index is 0. The van der Waals surface area contributed by atoms with Crippen molar-refractivity contribution in [1.29, 1.82) is 0 Å². The van der Waals surface area contributed by atoms with Crippen molar-refractivity contribution in [2.75, 3.05) is 39.3 Å². The molecule has 7 heteroatoms. The molecule has 3 rings (SSSR count). The minimum absolute atomic E-state index is 0. The summed E-state index contributed by atoms with van der Waals surface area (Å²) in [5.74, 6) is 3.13. The Morgan fingerprint density at radius 1 is 1.25 bits per heavy atom. The normalized spacial score (nSPS) is 20.8. The minimum Gasteiger partial charge on any atom is -0.359 e. The molecule has 1 aromatic rings. The van der Waals surface area contributed by atoms with Crippen molar-refractivity contribution < 1.29 is 4.52 Å². The summed E-state index contributed by atoms with van der Waals surface area (Å²) >= 11 is 0. The first-order valence-electron chi connectivity index (χ1n) is 10.9. The van der Waals surface area contributed by atoms with Crippen LogP contribution in [0.1, 0.15) is 70.2 Å². The van der Waals surface area contributed by atoms with Crippen molar-refractivity contribution in [3.63, 3.8) is 0 Å². The van der Waals surface area contributed by atoms with Gasteiger partial charge in [-0.3, -0.25) is 0 Å². The number of hydrogen-bond acceptors (Lipinski definition) is 4. The first-order valence-corrected chi connectivity index (χ1v) is 10.9. The molecule has 0 spiro atoms. The number of likely N-dealkylation sites (tertiary alicyclic amines) is 2. The molecule has 0 radical (unpaired) electrons. The second-order valence-electron chi connectivity index (χ2n) is 8.01. The molecule has 2 aliphatic heterocycles. The largest absolute Gasteiger partial charge is 0.359 e. The van der Waals surface area contributed by atoms with Gasteiger partial charge in [0.05, 0.1) is 5.69 Å². The molecule has 1 atom stereocenters. The highest BCUT2D eigenvalue weighted by molar-refractivity contribution is 14.0. The van der Waals surface area contributed by atoms with Crippen LogP contribution < -0.4 is 5.32 Å². The predicted molar refractivity (Wildman–Crippen MR) is 125 cm³/mol. The molecule has 0 bridgehead atoms. The summed E-state index contributed by atoms with van der Waals surface area (Å²) in [4.78, 5) is 9.89. The third-order valence-electron chi connectivity index (χ3n) is 6.00. The van der Waals surface area contributed by atoms with E-state index in [1.165, 1.54) is 38.9 Å². The number of halogens is 1. The van der Waals surface area contributed by atoms with Crippen LogP contribution in [0.5, 0.6) is 0 Å². The van der Waals surface area contributed by atoms with Gasteiger partial charge in [-0.25, -0.2) is 4.99 Å². The van der Waals surface area contributed by atoms with Crippen molar-refractivity contribution >= 4 is 29.9 Å². The van der Waals surface area contributed by atoms with Crippen LogP contribution in [0, 0.1) is 5.92 Å². The standard InChI is InChI=1S/C21H37N5O.HI/c1-4-18(5-2)20-13-19(27-24-20)14-23-21(22-6-3)26-12-9-17(16-26)15-25-10-7-8-11-25;/h13,17-18H,4-12,14-16H2,1-3H3,(H,22,23);1H. The van der Waals surface area contributed by atoms with Crippen LogP contribution in [0.3, 0.4) is 0 Å². The fourth-order valence-electron chi connectivity index (χ4n) is 4.39. The zero-order valence-electron chi connectivity index (χ0n) is 17.8. The number of hydrogen-bond donors (Lipinski definition) is 1. The van der Waals surface area contributed by atoms with Gasteiger partial charge in [0, 0.05) is 38.2 Å². The molecule has 28 heavy (non-hydrogen) atoms. The summed E-state index contributed by atoms with van der Waals surface area (Å²) < 4.78 is 5.54. The summed E-state index contributed by atoms with van der Waals surface area (Å²) in [6, 6.07) is 2.09. The lowest BCUT2D eigenvalue weighted by atomic mass is 9.99. The van der Waals surface area contributed by atoms with Gasteiger partial charge < -0.3 is 19.6 Å². The molecule has 1 unspecified atom stereocenters. The Bertz CT molecular complexity index is 595. The maximum Gasteiger partial charge on any atom is 0.194 e. The Morgan fingerprint density at radius 3 is 2.68 bits per heavy atom. The number of guanidine groups is 1. The molecule has 2 saturated heterocycles. The Labute approximate surface area is 187 Å². The van der Waals surface area contributed by atoms with Crippen molar-refractivity contribution in [3.05, 3.63) is 17.5 Å². The quantitative estimate of drug-likeness (QED) is 0.329. The Balaban J connectivity index is 0.00000280. The maximum absolute atomic E-state index is 5.54. The number of nitrogens with one attached hydrogen (secondary N) is 1. The van der Waals surface area contributed by atoms with E-state index < -0.39 is 0 Å². The zero-order chi connectivity index (χ0) is 19.1. The van der Waals surface area contributed by atoms with Crippen LogP contribution in [0.2, 0.25) is 0 Å². The van der Waals surface area contributed by atoms with Crippen LogP contribution in [-0.4, -0.2) is 60.2 Å². The lowest BCUT2D eigenvalue weighted by Crippen LogP contribution is -2.40. The van der Waals surface area contributed by atoms with Gasteiger partial charge in [0.1, 0.15) is 6.54 Å². The predicted octanol–water partition coefficient (Wildman–Crippen LogP) is 4.08. The number of aromatic nitrogens is 1. The molecular formula is C21H38IN5O. The van der Waals surface area contributed by atoms with E-state index in [1.807, 2.05) is 0 Å². The van der Waals surface area contributed by atoms with Gasteiger partial charge in [0.15, 0.2) is 11.7 Å². The van der Waals surface area contributed by atoms with Crippen LogP contribution in [0.4, 0.5) is 0 Å². The summed E-state index contributed by atoms with van der Waals surface area (Å²) in [7, 11) is 0. The van der Waals surface area contributed by atoms with Gasteiger partial charge in [-0.15, -0.1) is 24.0 Å². The van der Waals surface area contributed by atoms with Gasteiger partial charge in [-0.1, -0.05) is 19.0 Å². The average Bonchev–Trinajstić information content (AvgIpc) is 3.43. The highest BCUT2D eigenvalue weighted by atomic mass is 127. The van der Waals surface area contributed by atoms with E-state index in [9.17, 15) is 0 Å². The van der Waals surface area contributed by atoms with Crippen molar-refractivity contribution in [1.82, 2.24) is 20.3 Å². The van der Waals surface area contributed by atoms with Crippen LogP contribution in [0.15, 0.2) is 15.6 Å². The molecular weight excluding hydrogens is 465 g/mol. The van der Waals surface area contributed by atoms with Crippen LogP contribution >= 0.6 is 24.0 Å². The monoisotopic (exact) mass is 503 g/mol. The van der Waals surface area contributed by atoms with Crippen molar-refractivity contribution in [2.24, 2.45) is 10.9 Å². The Morgan fingerprint density at radius 2 is 2.00 bits per heavy atom. The van der Waals surface area contributed by atoms with E-state index in [2.05, 4.69) is 47.1 Å². The van der Waals surface area contributed by atoms with Gasteiger partial charge >= 0.3 is 0 Å². The molecule has 6 nitrogen and oxygen atoms in total. The number of nitrogens with zero attached hydrogens (tertiary/aromatic N) is 4. The highest BCUT2D eigenvalue weighted by Crippen LogP contribution is 2.23. The molecule has 1 aromatic heterocycles. The van der Waals surface area contributed by atoms with Crippen molar-refractivity contribution in [2.45, 2.75) is 65.3 Å². The summed E-state index contributed by atoms with van der Waals surface area (Å²) in [6.07, 6.45) is 6.20. The summed E-state index contributed by atoms with van der Waals surface area (Å²) in [6.45, 7) is 14.0. The van der Waals surface area contributed by atoms with Gasteiger partial charge in [-0.05, 0) is 58.0 Å². The van der Waals surface area contributed by atoms with Crippen LogP contribution in [0.25, 0.3) is 0 Å². The van der Waals surface area contributed by atoms with Crippen LogP contribution in [-0.2, 0) is 6.54 Å². The smallest absolute Gasteiger partial charge is 0.194 e. The maximum atomic E-state index is 5.54. The lowest BCUT2D eigenvalue weighted by molar-refractivity contribution is 0.281. The van der Waals surface area contributed by atoms with E-state index in [4.69, 9.17) is 9.52 Å². The second-order valence-corrected chi connectivity index (χ2v) is 8.01. The molecule has 0 aliphatic carbocycles. The molecule has 3 heterocycles. The first kappa shape index (κ1) is 23.4. The molecule has 0 aromatic carbocycles. The molecule has 0 saturated carbocycles. The lowest BCUT2D eigenvalue weighted by Gasteiger charge is -2.23. The summed E-state index contributed by atoms with van der Waals surface area (Å²) in [5, 5.41) is 7.73. The van der Waals surface area contributed by atoms with E-state index in [1.54, 1.807) is 0 Å². The van der Waals surface area contributed by atoms with E-state index in [-0.39, 0.29) is 24.0 Å². The fraction of sp³-hybridized carbons (Fsp3) is 0.810. The van der Waals surface area contributed by atoms with E-state index >= 15 is 0 Å². The molecule has 160 valence electrons. The molecule has 1 N–H and O–H groups in total. The van der Waals surface area contributed by atoms with Gasteiger partial charge in [0.2, 0.25) is 0 Å².